The fourth-order valence-electron chi connectivity index (χ4n) is 2.92. The van der Waals surface area contributed by atoms with E-state index in [0.717, 1.165) is 30.7 Å². The van der Waals surface area contributed by atoms with Gasteiger partial charge in [0.05, 0.1) is 10.7 Å². The first-order valence-electron chi connectivity index (χ1n) is 6.82. The molecule has 116 valence electrons. The first-order valence-corrected chi connectivity index (χ1v) is 9.24. The van der Waals surface area contributed by atoms with Crippen molar-refractivity contribution in [1.29, 1.82) is 0 Å². The fourth-order valence-corrected chi connectivity index (χ4v) is 5.45. The molecule has 0 radical (unpaired) electrons. The summed E-state index contributed by atoms with van der Waals surface area (Å²) in [5.74, 6) is 0.228. The van der Waals surface area contributed by atoms with Crippen molar-refractivity contribution in [2.45, 2.75) is 25.3 Å². The molecule has 1 aromatic heterocycles. The Morgan fingerprint density at radius 3 is 2.81 bits per heavy atom. The number of sulfonamides is 1. The van der Waals surface area contributed by atoms with E-state index in [-0.39, 0.29) is 16.8 Å². The predicted molar refractivity (Wildman–Crippen MR) is 79.1 cm³/mol. The summed E-state index contributed by atoms with van der Waals surface area (Å²) in [7, 11) is -3.12. The summed E-state index contributed by atoms with van der Waals surface area (Å²) in [6, 6.07) is -0.0470. The molecule has 0 N–H and O–H groups in total. The number of nitrogens with zero attached hydrogens (tertiary/aromatic N) is 4. The van der Waals surface area contributed by atoms with Crippen molar-refractivity contribution in [1.82, 2.24) is 9.29 Å². The third kappa shape index (κ3) is 2.87. The molecule has 10 heteroatoms. The van der Waals surface area contributed by atoms with Gasteiger partial charge >= 0.3 is 5.00 Å². The monoisotopic (exact) mass is 332 g/mol. The zero-order valence-electron chi connectivity index (χ0n) is 11.3. The van der Waals surface area contributed by atoms with Crippen molar-refractivity contribution >= 4 is 31.5 Å². The molecular weight excluding hydrogens is 316 g/mol. The van der Waals surface area contributed by atoms with E-state index in [1.54, 1.807) is 4.31 Å². The third-order valence-electron chi connectivity index (χ3n) is 3.87. The Labute approximate surface area is 126 Å². The molecule has 0 spiro atoms. The van der Waals surface area contributed by atoms with E-state index >= 15 is 0 Å². The molecule has 0 saturated carbocycles. The van der Waals surface area contributed by atoms with E-state index in [1.807, 2.05) is 4.90 Å². The van der Waals surface area contributed by atoms with E-state index in [1.165, 1.54) is 6.20 Å². The van der Waals surface area contributed by atoms with Gasteiger partial charge in [0.1, 0.15) is 6.20 Å². The average Bonchev–Trinajstić information content (AvgIpc) is 3.05. The molecule has 0 aromatic carbocycles. The molecule has 2 fully saturated rings. The van der Waals surface area contributed by atoms with Crippen molar-refractivity contribution in [3.63, 3.8) is 0 Å². The third-order valence-corrected chi connectivity index (χ3v) is 6.88. The lowest BCUT2D eigenvalue weighted by Crippen LogP contribution is -2.48. The van der Waals surface area contributed by atoms with Crippen LogP contribution >= 0.6 is 11.3 Å². The maximum absolute atomic E-state index is 12.0. The first-order chi connectivity index (χ1) is 9.97. The average molecular weight is 332 g/mol. The van der Waals surface area contributed by atoms with Gasteiger partial charge in [-0.25, -0.2) is 13.4 Å². The minimum Gasteiger partial charge on any atom is -0.346 e. The molecule has 1 aromatic rings. The van der Waals surface area contributed by atoms with Gasteiger partial charge in [-0.1, -0.05) is 0 Å². The van der Waals surface area contributed by atoms with Crippen LogP contribution in [0, 0.1) is 10.1 Å². The molecule has 1 unspecified atom stereocenters. The van der Waals surface area contributed by atoms with Crippen LogP contribution in [0.15, 0.2) is 6.20 Å². The number of piperidine rings is 1. The fraction of sp³-hybridized carbons (Fsp3) is 0.727. The Morgan fingerprint density at radius 2 is 2.19 bits per heavy atom. The Morgan fingerprint density at radius 1 is 1.38 bits per heavy atom. The van der Waals surface area contributed by atoms with Crippen LogP contribution in [-0.4, -0.2) is 54.1 Å². The Balaban J connectivity index is 1.75. The van der Waals surface area contributed by atoms with Crippen molar-refractivity contribution in [2.75, 3.05) is 30.3 Å². The first kappa shape index (κ1) is 14.7. The second-order valence-electron chi connectivity index (χ2n) is 5.26. The molecule has 1 atom stereocenters. The largest absolute Gasteiger partial charge is 0.346 e. The second kappa shape index (κ2) is 5.50. The molecule has 0 bridgehead atoms. The maximum Gasteiger partial charge on any atom is 0.345 e. The normalized spacial score (nSPS) is 26.1. The highest BCUT2D eigenvalue weighted by Gasteiger charge is 2.37. The number of aromatic nitrogens is 1. The molecule has 3 rings (SSSR count). The van der Waals surface area contributed by atoms with Gasteiger partial charge in [-0.2, -0.15) is 4.31 Å². The summed E-state index contributed by atoms with van der Waals surface area (Å²) < 4.78 is 25.6. The Hall–Kier alpha value is -1.26. The standard InChI is InChI=1S/C11H16N4O4S2/c16-15(17)10-7-12-11(20-10)13-4-1-3-9(8-13)14-5-2-6-21(14,18)19/h7,9H,1-6,8H2. The van der Waals surface area contributed by atoms with Crippen LogP contribution in [0.25, 0.3) is 0 Å². The summed E-state index contributed by atoms with van der Waals surface area (Å²) in [5.41, 5.74) is 0. The van der Waals surface area contributed by atoms with E-state index in [0.29, 0.717) is 24.6 Å². The van der Waals surface area contributed by atoms with Crippen molar-refractivity contribution < 1.29 is 13.3 Å². The summed E-state index contributed by atoms with van der Waals surface area (Å²) in [6.45, 7) is 1.90. The summed E-state index contributed by atoms with van der Waals surface area (Å²) in [5, 5.41) is 11.3. The molecule has 0 amide bonds. The Kier molecular flexibility index (Phi) is 3.84. The molecule has 2 aliphatic heterocycles. The quantitative estimate of drug-likeness (QED) is 0.606. The molecule has 0 aliphatic carbocycles. The second-order valence-corrected chi connectivity index (χ2v) is 8.29. The highest BCUT2D eigenvalue weighted by molar-refractivity contribution is 7.89. The van der Waals surface area contributed by atoms with Gasteiger partial charge in [0.15, 0.2) is 5.13 Å². The van der Waals surface area contributed by atoms with Gasteiger partial charge in [-0.05, 0) is 30.6 Å². The minimum absolute atomic E-state index is 0.0147. The smallest absolute Gasteiger partial charge is 0.345 e. The molecule has 21 heavy (non-hydrogen) atoms. The highest BCUT2D eigenvalue weighted by Crippen LogP contribution is 2.32. The number of anilines is 1. The van der Waals surface area contributed by atoms with Crippen LogP contribution in [0.4, 0.5) is 10.1 Å². The number of hydrogen-bond acceptors (Lipinski definition) is 7. The van der Waals surface area contributed by atoms with Crippen LogP contribution in [0.2, 0.25) is 0 Å². The van der Waals surface area contributed by atoms with E-state index in [4.69, 9.17) is 0 Å². The lowest BCUT2D eigenvalue weighted by atomic mass is 10.1. The van der Waals surface area contributed by atoms with Gasteiger partial charge in [0, 0.05) is 25.7 Å². The topological polar surface area (TPSA) is 96.7 Å². The molecule has 8 nitrogen and oxygen atoms in total. The number of thiazole rings is 1. The maximum atomic E-state index is 12.0. The van der Waals surface area contributed by atoms with Gasteiger partial charge in [-0.3, -0.25) is 10.1 Å². The van der Waals surface area contributed by atoms with Gasteiger partial charge in [0.25, 0.3) is 0 Å². The minimum atomic E-state index is -3.12. The number of nitro groups is 1. The van der Waals surface area contributed by atoms with Crippen LogP contribution < -0.4 is 4.90 Å². The SMILES string of the molecule is O=[N+]([O-])c1cnc(N2CCCC(N3CCCS3(=O)=O)C2)s1. The highest BCUT2D eigenvalue weighted by atomic mass is 32.2. The van der Waals surface area contributed by atoms with Crippen LogP contribution in [0.5, 0.6) is 0 Å². The van der Waals surface area contributed by atoms with Crippen molar-refractivity contribution in [3.8, 4) is 0 Å². The molecule has 3 heterocycles. The molecule has 2 saturated heterocycles. The van der Waals surface area contributed by atoms with Crippen LogP contribution in [-0.2, 0) is 10.0 Å². The zero-order chi connectivity index (χ0) is 15.0. The lowest BCUT2D eigenvalue weighted by molar-refractivity contribution is -0.380. The van der Waals surface area contributed by atoms with Gasteiger partial charge in [0.2, 0.25) is 10.0 Å². The van der Waals surface area contributed by atoms with Gasteiger partial charge < -0.3 is 4.90 Å². The summed E-state index contributed by atoms with van der Waals surface area (Å²) in [4.78, 5) is 16.3. The van der Waals surface area contributed by atoms with E-state index in [2.05, 4.69) is 4.98 Å². The molecular formula is C11H16N4O4S2. The number of hydrogen-bond donors (Lipinski definition) is 0. The van der Waals surface area contributed by atoms with E-state index in [9.17, 15) is 18.5 Å². The zero-order valence-corrected chi connectivity index (χ0v) is 13.0. The number of rotatable bonds is 3. The van der Waals surface area contributed by atoms with Crippen molar-refractivity contribution in [2.24, 2.45) is 0 Å². The predicted octanol–water partition coefficient (Wildman–Crippen LogP) is 1.06. The lowest BCUT2D eigenvalue weighted by Gasteiger charge is -2.36. The van der Waals surface area contributed by atoms with E-state index < -0.39 is 14.9 Å². The summed E-state index contributed by atoms with van der Waals surface area (Å²) in [6.07, 6.45) is 3.64. The Bertz CT molecular complexity index is 644. The van der Waals surface area contributed by atoms with Crippen LogP contribution in [0.3, 0.4) is 0 Å². The van der Waals surface area contributed by atoms with Crippen LogP contribution in [0.1, 0.15) is 19.3 Å². The molecule has 2 aliphatic rings. The summed E-state index contributed by atoms with van der Waals surface area (Å²) >= 11 is 1.04. The van der Waals surface area contributed by atoms with Crippen molar-refractivity contribution in [3.05, 3.63) is 16.3 Å². The van der Waals surface area contributed by atoms with Gasteiger partial charge in [-0.15, -0.1) is 0 Å².